The van der Waals surface area contributed by atoms with E-state index in [0.29, 0.717) is 51.9 Å². The fourth-order valence-corrected chi connectivity index (χ4v) is 5.45. The molecule has 2 aromatic heterocycles. The van der Waals surface area contributed by atoms with Crippen molar-refractivity contribution >= 4 is 17.6 Å². The molecule has 0 radical (unpaired) electrons. The molecule has 0 saturated carbocycles. The highest BCUT2D eigenvalue weighted by atomic mass is 16.5. The second-order valence-corrected chi connectivity index (χ2v) is 11.1. The fourth-order valence-electron chi connectivity index (χ4n) is 5.45. The van der Waals surface area contributed by atoms with Crippen molar-refractivity contribution in [2.24, 2.45) is 5.92 Å². The molecule has 2 amide bonds. The summed E-state index contributed by atoms with van der Waals surface area (Å²) < 4.78 is 12.8. The molecule has 11 heteroatoms. The maximum Gasteiger partial charge on any atom is 0.237 e. The van der Waals surface area contributed by atoms with Crippen molar-refractivity contribution in [2.45, 2.75) is 52.0 Å². The number of nitrogens with zero attached hydrogens (tertiary/aromatic N) is 6. The van der Waals surface area contributed by atoms with Crippen molar-refractivity contribution in [3.05, 3.63) is 60.3 Å². The van der Waals surface area contributed by atoms with E-state index in [1.807, 2.05) is 48.4 Å². The number of nitrogens with one attached hydrogen (secondary N) is 1. The van der Waals surface area contributed by atoms with Crippen LogP contribution < -0.4 is 15.0 Å². The van der Waals surface area contributed by atoms with Crippen molar-refractivity contribution in [3.63, 3.8) is 0 Å². The van der Waals surface area contributed by atoms with Gasteiger partial charge in [-0.3, -0.25) is 14.2 Å². The summed E-state index contributed by atoms with van der Waals surface area (Å²) in [4.78, 5) is 44.4. The summed E-state index contributed by atoms with van der Waals surface area (Å²) in [5, 5.41) is 3.09. The number of aromatic nitrogens is 4. The summed E-state index contributed by atoms with van der Waals surface area (Å²) >= 11 is 0. The predicted octanol–water partition coefficient (Wildman–Crippen LogP) is 2.99. The largest absolute Gasteiger partial charge is 0.494 e. The van der Waals surface area contributed by atoms with E-state index >= 15 is 0 Å². The number of amides is 2. The minimum Gasteiger partial charge on any atom is -0.494 e. The molecule has 1 N–H and O–H groups in total. The summed E-state index contributed by atoms with van der Waals surface area (Å²) in [5.41, 5.74) is 2.03. The first-order chi connectivity index (χ1) is 20.4. The first-order valence-electron chi connectivity index (χ1n) is 14.9. The Morgan fingerprint density at radius 1 is 1.17 bits per heavy atom. The van der Waals surface area contributed by atoms with Gasteiger partial charge in [0.15, 0.2) is 0 Å². The van der Waals surface area contributed by atoms with Crippen LogP contribution in [0.5, 0.6) is 5.75 Å². The molecular formula is C31H41N7O4. The molecule has 2 aliphatic rings. The minimum atomic E-state index is -0.235. The fraction of sp³-hybridized carbons (Fsp3) is 0.516. The summed E-state index contributed by atoms with van der Waals surface area (Å²) in [6.07, 6.45) is 6.90. The van der Waals surface area contributed by atoms with E-state index in [1.54, 1.807) is 17.1 Å². The lowest BCUT2D eigenvalue weighted by Gasteiger charge is -2.42. The number of piperazine rings is 1. The quantitative estimate of drug-likeness (QED) is 0.371. The van der Waals surface area contributed by atoms with Crippen LogP contribution >= 0.6 is 0 Å². The van der Waals surface area contributed by atoms with E-state index in [4.69, 9.17) is 19.4 Å². The van der Waals surface area contributed by atoms with Crippen molar-refractivity contribution in [1.82, 2.24) is 29.7 Å². The summed E-state index contributed by atoms with van der Waals surface area (Å²) in [5.74, 6) is 2.26. The van der Waals surface area contributed by atoms with Crippen LogP contribution in [-0.2, 0) is 20.7 Å². The van der Waals surface area contributed by atoms with Gasteiger partial charge in [0.1, 0.15) is 17.9 Å². The Morgan fingerprint density at radius 2 is 2.00 bits per heavy atom. The highest BCUT2D eigenvalue weighted by Gasteiger charge is 2.36. The molecule has 5 rings (SSSR count). The third kappa shape index (κ3) is 7.25. The van der Waals surface area contributed by atoms with Crippen molar-refractivity contribution in [2.75, 3.05) is 50.9 Å². The second-order valence-electron chi connectivity index (χ2n) is 11.1. The molecule has 0 bridgehead atoms. The van der Waals surface area contributed by atoms with E-state index in [-0.39, 0.29) is 36.1 Å². The highest BCUT2D eigenvalue weighted by Crippen LogP contribution is 2.27. The van der Waals surface area contributed by atoms with Crippen molar-refractivity contribution in [1.29, 1.82) is 0 Å². The molecular weight excluding hydrogens is 534 g/mol. The number of carbonyl (C=O) groups excluding carboxylic acids is 2. The van der Waals surface area contributed by atoms with Gasteiger partial charge in [-0.2, -0.15) is 4.98 Å². The Balaban J connectivity index is 1.31. The van der Waals surface area contributed by atoms with Gasteiger partial charge in [-0.25, -0.2) is 9.97 Å². The third-order valence-corrected chi connectivity index (χ3v) is 7.81. The van der Waals surface area contributed by atoms with Gasteiger partial charge in [-0.05, 0) is 43.4 Å². The third-order valence-electron chi connectivity index (χ3n) is 7.81. The molecule has 0 aliphatic carbocycles. The van der Waals surface area contributed by atoms with E-state index < -0.39 is 0 Å². The van der Waals surface area contributed by atoms with Crippen LogP contribution in [0.2, 0.25) is 0 Å². The van der Waals surface area contributed by atoms with Crippen molar-refractivity contribution in [3.8, 4) is 11.7 Å². The molecule has 224 valence electrons. The van der Waals surface area contributed by atoms with Crippen LogP contribution in [0.25, 0.3) is 5.95 Å². The monoisotopic (exact) mass is 575 g/mol. The standard InChI is InChI=1S/C31H41N7O4/c1-4-42-26-7-5-23(6-8-26)9-11-33-29(39)17-25-19-36(30(40)24-10-16-41-20-24)14-15-38(25)28-18-27(22(2)3)34-31(35-28)37-13-12-32-21-37/h5-8,12-13,18,21-22,24-25H,4,9-11,14-17,19-20H2,1-3H3,(H,33,39). The first-order valence-corrected chi connectivity index (χ1v) is 14.9. The van der Waals surface area contributed by atoms with Gasteiger partial charge in [-0.1, -0.05) is 26.0 Å². The normalized spacial score (nSPS) is 18.9. The summed E-state index contributed by atoms with van der Waals surface area (Å²) in [6.45, 7) is 9.97. The zero-order valence-electron chi connectivity index (χ0n) is 24.7. The smallest absolute Gasteiger partial charge is 0.237 e. The number of hydrogen-bond acceptors (Lipinski definition) is 8. The number of imidazole rings is 1. The molecule has 42 heavy (non-hydrogen) atoms. The molecule has 0 spiro atoms. The zero-order valence-corrected chi connectivity index (χ0v) is 24.7. The first kappa shape index (κ1) is 29.5. The topological polar surface area (TPSA) is 115 Å². The Morgan fingerprint density at radius 3 is 2.69 bits per heavy atom. The van der Waals surface area contributed by atoms with Crippen LogP contribution in [0.3, 0.4) is 0 Å². The van der Waals surface area contributed by atoms with Crippen LogP contribution in [0, 0.1) is 5.92 Å². The number of anilines is 1. The van der Waals surface area contributed by atoms with Gasteiger partial charge in [0.05, 0.1) is 30.9 Å². The number of benzene rings is 1. The van der Waals surface area contributed by atoms with E-state index in [0.717, 1.165) is 35.7 Å². The SMILES string of the molecule is CCOc1ccc(CCNC(=O)CC2CN(C(=O)C3CCOC3)CCN2c2cc(C(C)C)nc(-n3ccnc3)n2)cc1. The molecule has 2 saturated heterocycles. The lowest BCUT2D eigenvalue weighted by molar-refractivity contribution is -0.137. The Bertz CT molecular complexity index is 1320. The molecule has 11 nitrogen and oxygen atoms in total. The second kappa shape index (κ2) is 13.8. The predicted molar refractivity (Wildman–Crippen MR) is 159 cm³/mol. The lowest BCUT2D eigenvalue weighted by atomic mass is 10.0. The van der Waals surface area contributed by atoms with Gasteiger partial charge in [0.25, 0.3) is 0 Å². The minimum absolute atomic E-state index is 0.0533. The van der Waals surface area contributed by atoms with Crippen LogP contribution in [0.4, 0.5) is 5.82 Å². The molecule has 2 unspecified atom stereocenters. The van der Waals surface area contributed by atoms with E-state index in [2.05, 4.69) is 29.0 Å². The number of ether oxygens (including phenoxy) is 2. The lowest BCUT2D eigenvalue weighted by Crippen LogP contribution is -2.57. The summed E-state index contributed by atoms with van der Waals surface area (Å²) in [7, 11) is 0. The van der Waals surface area contributed by atoms with Crippen LogP contribution in [0.15, 0.2) is 49.1 Å². The summed E-state index contributed by atoms with van der Waals surface area (Å²) in [6, 6.07) is 9.72. The zero-order chi connectivity index (χ0) is 29.5. The number of rotatable bonds is 11. The van der Waals surface area contributed by atoms with Crippen LogP contribution in [-0.4, -0.2) is 88.3 Å². The molecule has 1 aromatic carbocycles. The highest BCUT2D eigenvalue weighted by molar-refractivity contribution is 5.80. The van der Waals surface area contributed by atoms with Gasteiger partial charge in [0, 0.05) is 57.7 Å². The number of hydrogen-bond donors (Lipinski definition) is 1. The van der Waals surface area contributed by atoms with E-state index in [9.17, 15) is 9.59 Å². The van der Waals surface area contributed by atoms with Gasteiger partial charge in [-0.15, -0.1) is 0 Å². The Hall–Kier alpha value is -3.99. The van der Waals surface area contributed by atoms with Gasteiger partial charge in [0.2, 0.25) is 17.8 Å². The van der Waals surface area contributed by atoms with Gasteiger partial charge >= 0.3 is 0 Å². The number of carbonyl (C=O) groups is 2. The van der Waals surface area contributed by atoms with E-state index in [1.165, 1.54) is 0 Å². The molecule has 2 atom stereocenters. The maximum atomic E-state index is 13.3. The maximum absolute atomic E-state index is 13.3. The Kier molecular flexibility index (Phi) is 9.68. The average Bonchev–Trinajstić information content (AvgIpc) is 3.73. The van der Waals surface area contributed by atoms with Crippen molar-refractivity contribution < 1.29 is 19.1 Å². The molecule has 2 aliphatic heterocycles. The molecule has 4 heterocycles. The molecule has 2 fully saturated rings. The Labute approximate surface area is 247 Å². The van der Waals surface area contributed by atoms with Crippen LogP contribution in [0.1, 0.15) is 50.8 Å². The van der Waals surface area contributed by atoms with Gasteiger partial charge < -0.3 is 24.6 Å². The average molecular weight is 576 g/mol. The molecule has 3 aromatic rings.